The summed E-state index contributed by atoms with van der Waals surface area (Å²) >= 11 is 1.58. The molecule has 1 amide bonds. The Bertz CT molecular complexity index is 841. The van der Waals surface area contributed by atoms with Gasteiger partial charge in [0.05, 0.1) is 25.3 Å². The van der Waals surface area contributed by atoms with E-state index in [1.54, 1.807) is 18.4 Å². The summed E-state index contributed by atoms with van der Waals surface area (Å²) in [7, 11) is 1.67. The summed E-state index contributed by atoms with van der Waals surface area (Å²) in [6.45, 7) is 0.808. The SMILES string of the molecule is COc1cccc([C@@H]2CCCN2C(=O)Cc2cn3ccsc3n2)c1. The maximum atomic E-state index is 12.8. The number of nitrogens with zero attached hydrogens (tertiary/aromatic N) is 3. The van der Waals surface area contributed by atoms with Crippen molar-refractivity contribution in [2.24, 2.45) is 0 Å². The topological polar surface area (TPSA) is 46.8 Å². The molecule has 4 rings (SSSR count). The van der Waals surface area contributed by atoms with Gasteiger partial charge in [-0.1, -0.05) is 12.1 Å². The van der Waals surface area contributed by atoms with Crippen LogP contribution in [0, 0.1) is 0 Å². The van der Waals surface area contributed by atoms with Crippen molar-refractivity contribution in [1.82, 2.24) is 14.3 Å². The van der Waals surface area contributed by atoms with Crippen LogP contribution in [0.2, 0.25) is 0 Å². The highest BCUT2D eigenvalue weighted by molar-refractivity contribution is 7.15. The number of hydrogen-bond donors (Lipinski definition) is 0. The predicted octanol–water partition coefficient (Wildman–Crippen LogP) is 3.31. The number of carbonyl (C=O) groups excluding carboxylic acids is 1. The van der Waals surface area contributed by atoms with Crippen LogP contribution in [0.1, 0.15) is 30.1 Å². The number of imidazole rings is 1. The van der Waals surface area contributed by atoms with E-state index in [-0.39, 0.29) is 11.9 Å². The van der Waals surface area contributed by atoms with Gasteiger partial charge >= 0.3 is 0 Å². The quantitative estimate of drug-likeness (QED) is 0.731. The van der Waals surface area contributed by atoms with Crippen LogP contribution in [-0.2, 0) is 11.2 Å². The molecule has 1 fully saturated rings. The van der Waals surface area contributed by atoms with Gasteiger partial charge in [0.25, 0.3) is 0 Å². The lowest BCUT2D eigenvalue weighted by molar-refractivity contribution is -0.131. The molecule has 124 valence electrons. The van der Waals surface area contributed by atoms with Gasteiger partial charge in [-0.15, -0.1) is 11.3 Å². The van der Waals surface area contributed by atoms with Crippen molar-refractivity contribution in [2.75, 3.05) is 13.7 Å². The normalized spacial score (nSPS) is 17.5. The van der Waals surface area contributed by atoms with Crippen LogP contribution < -0.4 is 4.74 Å². The third kappa shape index (κ3) is 2.78. The van der Waals surface area contributed by atoms with E-state index in [9.17, 15) is 4.79 Å². The predicted molar refractivity (Wildman–Crippen MR) is 93.5 cm³/mol. The average Bonchev–Trinajstić information content (AvgIpc) is 3.30. The molecule has 1 aliphatic rings. The van der Waals surface area contributed by atoms with Crippen LogP contribution in [0.25, 0.3) is 4.96 Å². The fourth-order valence-electron chi connectivity index (χ4n) is 3.38. The molecule has 0 bridgehead atoms. The molecule has 24 heavy (non-hydrogen) atoms. The highest BCUT2D eigenvalue weighted by Crippen LogP contribution is 2.33. The zero-order chi connectivity index (χ0) is 16.5. The van der Waals surface area contributed by atoms with E-state index in [2.05, 4.69) is 11.1 Å². The van der Waals surface area contributed by atoms with E-state index < -0.39 is 0 Å². The smallest absolute Gasteiger partial charge is 0.229 e. The average molecular weight is 341 g/mol. The maximum Gasteiger partial charge on any atom is 0.229 e. The molecular weight excluding hydrogens is 322 g/mol. The lowest BCUT2D eigenvalue weighted by atomic mass is 10.0. The monoisotopic (exact) mass is 341 g/mol. The number of benzene rings is 1. The second-order valence-electron chi connectivity index (χ2n) is 6.02. The standard InChI is InChI=1S/C18H19N3O2S/c1-23-15-5-2-4-13(10-15)16-6-3-7-21(16)17(22)11-14-12-20-8-9-24-18(20)19-14/h2,4-5,8-10,12,16H,3,6-7,11H2,1H3/t16-/m0/s1. The number of aromatic nitrogens is 2. The first-order chi connectivity index (χ1) is 11.7. The Labute approximate surface area is 144 Å². The first-order valence-corrected chi connectivity index (χ1v) is 8.97. The summed E-state index contributed by atoms with van der Waals surface area (Å²) in [4.78, 5) is 20.2. The number of ether oxygens (including phenoxy) is 1. The molecule has 0 radical (unpaired) electrons. The molecule has 0 spiro atoms. The van der Waals surface area contributed by atoms with Crippen molar-refractivity contribution < 1.29 is 9.53 Å². The van der Waals surface area contributed by atoms with E-state index in [1.165, 1.54) is 0 Å². The Morgan fingerprint density at radius 3 is 3.21 bits per heavy atom. The maximum absolute atomic E-state index is 12.8. The minimum absolute atomic E-state index is 0.135. The van der Waals surface area contributed by atoms with E-state index in [0.717, 1.165) is 41.4 Å². The molecule has 1 aromatic carbocycles. The number of carbonyl (C=O) groups is 1. The Hall–Kier alpha value is -2.34. The summed E-state index contributed by atoms with van der Waals surface area (Å²) in [5, 5.41) is 1.99. The van der Waals surface area contributed by atoms with Gasteiger partial charge in [-0.3, -0.25) is 9.20 Å². The van der Waals surface area contributed by atoms with Gasteiger partial charge in [0.15, 0.2) is 4.96 Å². The van der Waals surface area contributed by atoms with Crippen LogP contribution in [0.5, 0.6) is 5.75 Å². The third-order valence-corrected chi connectivity index (χ3v) is 5.30. The second-order valence-corrected chi connectivity index (χ2v) is 6.90. The van der Waals surface area contributed by atoms with Crippen LogP contribution >= 0.6 is 11.3 Å². The minimum Gasteiger partial charge on any atom is -0.497 e. The molecule has 0 saturated carbocycles. The van der Waals surface area contributed by atoms with E-state index >= 15 is 0 Å². The van der Waals surface area contributed by atoms with E-state index in [1.807, 2.05) is 45.3 Å². The number of amides is 1. The van der Waals surface area contributed by atoms with Gasteiger partial charge in [-0.05, 0) is 30.5 Å². The summed E-state index contributed by atoms with van der Waals surface area (Å²) < 4.78 is 7.28. The Kier molecular flexibility index (Phi) is 3.98. The van der Waals surface area contributed by atoms with Crippen LogP contribution in [0.3, 0.4) is 0 Å². The van der Waals surface area contributed by atoms with Crippen LogP contribution in [-0.4, -0.2) is 33.8 Å². The number of hydrogen-bond acceptors (Lipinski definition) is 4. The first-order valence-electron chi connectivity index (χ1n) is 8.09. The molecule has 0 aliphatic carbocycles. The molecule has 1 atom stereocenters. The van der Waals surface area contributed by atoms with Crippen molar-refractivity contribution in [3.05, 3.63) is 53.3 Å². The van der Waals surface area contributed by atoms with Crippen molar-refractivity contribution in [3.63, 3.8) is 0 Å². The van der Waals surface area contributed by atoms with Gasteiger partial charge in [0.2, 0.25) is 5.91 Å². The molecule has 3 heterocycles. The molecule has 1 aliphatic heterocycles. The van der Waals surface area contributed by atoms with Gasteiger partial charge in [0.1, 0.15) is 5.75 Å². The van der Waals surface area contributed by atoms with Gasteiger partial charge in [0, 0.05) is 24.3 Å². The zero-order valence-corrected chi connectivity index (χ0v) is 14.3. The first kappa shape index (κ1) is 15.2. The molecule has 3 aromatic rings. The van der Waals surface area contributed by atoms with Crippen molar-refractivity contribution in [1.29, 1.82) is 0 Å². The summed E-state index contributed by atoms with van der Waals surface area (Å²) in [6, 6.07) is 8.16. The third-order valence-electron chi connectivity index (χ3n) is 4.53. The minimum atomic E-state index is 0.135. The largest absolute Gasteiger partial charge is 0.497 e. The number of likely N-dealkylation sites (tertiary alicyclic amines) is 1. The molecule has 0 N–H and O–H groups in total. The lowest BCUT2D eigenvalue weighted by Gasteiger charge is -2.25. The number of methoxy groups -OCH3 is 1. The number of rotatable bonds is 4. The Morgan fingerprint density at radius 2 is 2.38 bits per heavy atom. The van der Waals surface area contributed by atoms with Crippen molar-refractivity contribution in [3.8, 4) is 5.75 Å². The molecule has 0 unspecified atom stereocenters. The molecular formula is C18H19N3O2S. The van der Waals surface area contributed by atoms with Gasteiger partial charge in [-0.2, -0.15) is 0 Å². The van der Waals surface area contributed by atoms with Crippen LogP contribution in [0.4, 0.5) is 0 Å². The molecule has 2 aromatic heterocycles. The van der Waals surface area contributed by atoms with Crippen molar-refractivity contribution >= 4 is 22.2 Å². The summed E-state index contributed by atoms with van der Waals surface area (Å²) in [5.41, 5.74) is 1.98. The molecule has 5 nitrogen and oxygen atoms in total. The number of thiazole rings is 1. The van der Waals surface area contributed by atoms with E-state index in [4.69, 9.17) is 4.74 Å². The lowest BCUT2D eigenvalue weighted by Crippen LogP contribution is -2.31. The molecule has 1 saturated heterocycles. The highest BCUT2D eigenvalue weighted by Gasteiger charge is 2.30. The highest BCUT2D eigenvalue weighted by atomic mass is 32.1. The Morgan fingerprint density at radius 1 is 1.46 bits per heavy atom. The van der Waals surface area contributed by atoms with Crippen molar-refractivity contribution in [2.45, 2.75) is 25.3 Å². The fourth-order valence-corrected chi connectivity index (χ4v) is 4.10. The van der Waals surface area contributed by atoms with E-state index in [0.29, 0.717) is 6.42 Å². The van der Waals surface area contributed by atoms with Gasteiger partial charge in [-0.25, -0.2) is 4.98 Å². The number of fused-ring (bicyclic) bond motifs is 1. The van der Waals surface area contributed by atoms with Gasteiger partial charge < -0.3 is 9.64 Å². The Balaban J connectivity index is 1.53. The zero-order valence-electron chi connectivity index (χ0n) is 13.5. The summed E-state index contributed by atoms with van der Waals surface area (Å²) in [6.07, 6.45) is 6.30. The fraction of sp³-hybridized carbons (Fsp3) is 0.333. The molecule has 6 heteroatoms. The summed E-state index contributed by atoms with van der Waals surface area (Å²) in [5.74, 6) is 0.979. The van der Waals surface area contributed by atoms with Crippen LogP contribution in [0.15, 0.2) is 42.0 Å². The second kappa shape index (κ2) is 6.28.